The first kappa shape index (κ1) is 17.5. The number of hydrazone groups is 1. The van der Waals surface area contributed by atoms with E-state index >= 15 is 0 Å². The van der Waals surface area contributed by atoms with Crippen molar-refractivity contribution in [3.8, 4) is 5.75 Å². The van der Waals surface area contributed by atoms with Gasteiger partial charge in [0.2, 0.25) is 0 Å². The molecule has 3 rings (SSSR count). The minimum Gasteiger partial charge on any atom is -0.483 e. The zero-order chi connectivity index (χ0) is 18.6. The number of aromatic nitrogens is 1. The molecule has 5 nitrogen and oxygen atoms in total. The van der Waals surface area contributed by atoms with Crippen molar-refractivity contribution in [3.05, 3.63) is 65.9 Å². The minimum atomic E-state index is -4.55. The number of hydrogen-bond acceptors (Lipinski definition) is 3. The van der Waals surface area contributed by atoms with Crippen molar-refractivity contribution in [3.63, 3.8) is 0 Å². The minimum absolute atomic E-state index is 0.406. The van der Waals surface area contributed by atoms with E-state index in [0.717, 1.165) is 28.6 Å². The third kappa shape index (κ3) is 4.21. The van der Waals surface area contributed by atoms with E-state index in [1.165, 1.54) is 18.3 Å². The Hall–Kier alpha value is -3.29. The summed E-state index contributed by atoms with van der Waals surface area (Å²) in [5, 5.41) is 4.82. The van der Waals surface area contributed by atoms with E-state index in [1.807, 2.05) is 30.5 Å². The Morgan fingerprint density at radius 3 is 2.81 bits per heavy atom. The number of carbonyl (C=O) groups excluding carboxylic acids is 1. The number of hydrogen-bond donors (Lipinski definition) is 2. The molecule has 0 aliphatic rings. The molecule has 3 aromatic rings. The van der Waals surface area contributed by atoms with Gasteiger partial charge in [-0.1, -0.05) is 24.3 Å². The van der Waals surface area contributed by atoms with E-state index in [1.54, 1.807) is 0 Å². The SMILES string of the molecule is O=C(COc1ccccc1C(F)(F)F)N/N=C/c1ccc2cc[nH]c2c1. The first-order valence-electron chi connectivity index (χ1n) is 7.61. The van der Waals surface area contributed by atoms with Crippen LogP contribution in [0.25, 0.3) is 10.9 Å². The fourth-order valence-corrected chi connectivity index (χ4v) is 2.33. The molecule has 0 fully saturated rings. The molecule has 0 radical (unpaired) electrons. The lowest BCUT2D eigenvalue weighted by atomic mass is 10.2. The Labute approximate surface area is 146 Å². The number of fused-ring (bicyclic) bond motifs is 1. The molecular formula is C18H14F3N3O2. The van der Waals surface area contributed by atoms with Crippen molar-refractivity contribution < 1.29 is 22.7 Å². The highest BCUT2D eigenvalue weighted by molar-refractivity contribution is 5.89. The smallest absolute Gasteiger partial charge is 0.419 e. The summed E-state index contributed by atoms with van der Waals surface area (Å²) in [7, 11) is 0. The van der Waals surface area contributed by atoms with Gasteiger partial charge in [-0.05, 0) is 35.2 Å². The number of nitrogens with one attached hydrogen (secondary N) is 2. The molecule has 0 atom stereocenters. The largest absolute Gasteiger partial charge is 0.483 e. The number of para-hydroxylation sites is 1. The van der Waals surface area contributed by atoms with E-state index < -0.39 is 30.0 Å². The molecule has 26 heavy (non-hydrogen) atoms. The molecule has 0 saturated carbocycles. The van der Waals surface area contributed by atoms with Crippen LogP contribution < -0.4 is 10.2 Å². The van der Waals surface area contributed by atoms with Crippen LogP contribution >= 0.6 is 0 Å². The van der Waals surface area contributed by atoms with Crippen LogP contribution in [-0.2, 0) is 11.0 Å². The molecular weight excluding hydrogens is 347 g/mol. The lowest BCUT2D eigenvalue weighted by molar-refractivity contribution is -0.139. The van der Waals surface area contributed by atoms with Gasteiger partial charge in [-0.25, -0.2) is 5.43 Å². The van der Waals surface area contributed by atoms with Crippen molar-refractivity contribution in [2.24, 2.45) is 5.10 Å². The van der Waals surface area contributed by atoms with E-state index in [-0.39, 0.29) is 0 Å². The van der Waals surface area contributed by atoms with Gasteiger partial charge in [0.15, 0.2) is 6.61 Å². The van der Waals surface area contributed by atoms with Gasteiger partial charge in [0.05, 0.1) is 11.8 Å². The standard InChI is InChI=1S/C18H14F3N3O2/c19-18(20,21)14-3-1-2-4-16(14)26-11-17(25)24-23-10-12-5-6-13-7-8-22-15(13)9-12/h1-10,22H,11H2,(H,24,25)/b23-10+. The Balaban J connectivity index is 1.56. The molecule has 0 bridgehead atoms. The van der Waals surface area contributed by atoms with Crippen LogP contribution in [0.2, 0.25) is 0 Å². The van der Waals surface area contributed by atoms with Crippen molar-refractivity contribution in [2.45, 2.75) is 6.18 Å². The molecule has 2 aromatic carbocycles. The fourth-order valence-electron chi connectivity index (χ4n) is 2.33. The van der Waals surface area contributed by atoms with Crippen LogP contribution in [0.5, 0.6) is 5.75 Å². The number of benzene rings is 2. The van der Waals surface area contributed by atoms with Crippen LogP contribution in [0, 0.1) is 0 Å². The Morgan fingerprint density at radius 2 is 2.00 bits per heavy atom. The first-order chi connectivity index (χ1) is 12.4. The molecule has 0 saturated heterocycles. The van der Waals surface area contributed by atoms with Crippen LogP contribution in [0.4, 0.5) is 13.2 Å². The zero-order valence-corrected chi connectivity index (χ0v) is 13.4. The number of amides is 1. The van der Waals surface area contributed by atoms with Crippen molar-refractivity contribution >= 4 is 23.0 Å². The average molecular weight is 361 g/mol. The maximum Gasteiger partial charge on any atom is 0.419 e. The summed E-state index contributed by atoms with van der Waals surface area (Å²) in [4.78, 5) is 14.8. The van der Waals surface area contributed by atoms with Crippen molar-refractivity contribution in [2.75, 3.05) is 6.61 Å². The molecule has 1 heterocycles. The molecule has 1 amide bonds. The molecule has 0 aliphatic heterocycles. The lowest BCUT2D eigenvalue weighted by Crippen LogP contribution is -2.25. The molecule has 0 unspecified atom stereocenters. The van der Waals surface area contributed by atoms with Crippen molar-refractivity contribution in [1.82, 2.24) is 10.4 Å². The predicted molar refractivity (Wildman–Crippen MR) is 91.0 cm³/mol. The number of halogens is 3. The lowest BCUT2D eigenvalue weighted by Gasteiger charge is -2.12. The number of aromatic amines is 1. The van der Waals surface area contributed by atoms with E-state index in [4.69, 9.17) is 4.74 Å². The summed E-state index contributed by atoms with van der Waals surface area (Å²) in [5.74, 6) is -1.07. The summed E-state index contributed by atoms with van der Waals surface area (Å²) in [6, 6.07) is 12.2. The van der Waals surface area contributed by atoms with E-state index in [0.29, 0.717) is 0 Å². The highest BCUT2D eigenvalue weighted by Gasteiger charge is 2.34. The monoisotopic (exact) mass is 361 g/mol. The van der Waals surface area contributed by atoms with Crippen LogP contribution in [0.3, 0.4) is 0 Å². The van der Waals surface area contributed by atoms with E-state index in [9.17, 15) is 18.0 Å². The second-order valence-electron chi connectivity index (χ2n) is 5.40. The Morgan fingerprint density at radius 1 is 1.19 bits per heavy atom. The summed E-state index contributed by atoms with van der Waals surface area (Å²) in [5.41, 5.74) is 2.96. The molecule has 0 aliphatic carbocycles. The summed E-state index contributed by atoms with van der Waals surface area (Å²) >= 11 is 0. The third-order valence-electron chi connectivity index (χ3n) is 3.53. The average Bonchev–Trinajstić information content (AvgIpc) is 3.07. The number of ether oxygens (including phenoxy) is 1. The maximum atomic E-state index is 12.8. The quantitative estimate of drug-likeness (QED) is 0.537. The van der Waals surface area contributed by atoms with Gasteiger partial charge in [-0.2, -0.15) is 18.3 Å². The second-order valence-corrected chi connectivity index (χ2v) is 5.40. The second kappa shape index (κ2) is 7.30. The normalized spacial score (nSPS) is 11.8. The molecule has 134 valence electrons. The fraction of sp³-hybridized carbons (Fsp3) is 0.111. The van der Waals surface area contributed by atoms with Crippen LogP contribution in [0.15, 0.2) is 59.8 Å². The van der Waals surface area contributed by atoms with Crippen LogP contribution in [-0.4, -0.2) is 23.7 Å². The van der Waals surface area contributed by atoms with Gasteiger partial charge >= 0.3 is 6.18 Å². The van der Waals surface area contributed by atoms with Gasteiger partial charge in [0.1, 0.15) is 5.75 Å². The molecule has 0 spiro atoms. The highest BCUT2D eigenvalue weighted by Crippen LogP contribution is 2.35. The number of rotatable bonds is 5. The summed E-state index contributed by atoms with van der Waals surface area (Å²) in [6.07, 6.45) is -1.31. The predicted octanol–water partition coefficient (Wildman–Crippen LogP) is 3.72. The van der Waals surface area contributed by atoms with Gasteiger partial charge in [0, 0.05) is 11.7 Å². The number of carbonyl (C=O) groups is 1. The summed E-state index contributed by atoms with van der Waals surface area (Å²) in [6.45, 7) is -0.583. The topological polar surface area (TPSA) is 66.5 Å². The number of nitrogens with zero attached hydrogens (tertiary/aromatic N) is 1. The van der Waals surface area contributed by atoms with Gasteiger partial charge in [-0.3, -0.25) is 4.79 Å². The third-order valence-corrected chi connectivity index (χ3v) is 3.53. The highest BCUT2D eigenvalue weighted by atomic mass is 19.4. The maximum absolute atomic E-state index is 12.8. The molecule has 1 aromatic heterocycles. The van der Waals surface area contributed by atoms with Gasteiger partial charge < -0.3 is 9.72 Å². The Kier molecular flexibility index (Phi) is 4.92. The number of alkyl halides is 3. The first-order valence-corrected chi connectivity index (χ1v) is 7.61. The van der Waals surface area contributed by atoms with E-state index in [2.05, 4.69) is 15.5 Å². The molecule has 2 N–H and O–H groups in total. The van der Waals surface area contributed by atoms with Crippen molar-refractivity contribution in [1.29, 1.82) is 0 Å². The van der Waals surface area contributed by atoms with Gasteiger partial charge in [0.25, 0.3) is 5.91 Å². The number of H-pyrrole nitrogens is 1. The zero-order valence-electron chi connectivity index (χ0n) is 13.4. The summed E-state index contributed by atoms with van der Waals surface area (Å²) < 4.78 is 43.5. The van der Waals surface area contributed by atoms with Gasteiger partial charge in [-0.15, -0.1) is 0 Å². The Bertz CT molecular complexity index is 948. The molecule has 8 heteroatoms. The van der Waals surface area contributed by atoms with Crippen LogP contribution in [0.1, 0.15) is 11.1 Å².